The summed E-state index contributed by atoms with van der Waals surface area (Å²) < 4.78 is 5.31. The van der Waals surface area contributed by atoms with Gasteiger partial charge in [-0.1, -0.05) is 42.5 Å². The first-order chi connectivity index (χ1) is 16.5. The molecule has 0 aliphatic carbocycles. The van der Waals surface area contributed by atoms with Crippen molar-refractivity contribution in [3.63, 3.8) is 0 Å². The van der Waals surface area contributed by atoms with Gasteiger partial charge in [0.05, 0.1) is 24.2 Å². The Morgan fingerprint density at radius 1 is 1.06 bits per heavy atom. The second-order valence-electron chi connectivity index (χ2n) is 8.16. The molecule has 3 amide bonds. The maximum Gasteiger partial charge on any atom is 0.269 e. The van der Waals surface area contributed by atoms with E-state index in [1.807, 2.05) is 61.5 Å². The Bertz CT molecular complexity index is 1310. The number of rotatable bonds is 5. The molecule has 34 heavy (non-hydrogen) atoms. The van der Waals surface area contributed by atoms with E-state index in [1.165, 1.54) is 23.8 Å². The van der Waals surface area contributed by atoms with E-state index in [1.54, 1.807) is 23.1 Å². The molecule has 7 nitrogen and oxygen atoms in total. The van der Waals surface area contributed by atoms with Crippen molar-refractivity contribution in [3.8, 4) is 5.75 Å². The number of carbonyl (C=O) groups excluding carboxylic acids is 3. The van der Waals surface area contributed by atoms with Gasteiger partial charge in [-0.2, -0.15) is 0 Å². The highest BCUT2D eigenvalue weighted by molar-refractivity contribution is 8.02. The summed E-state index contributed by atoms with van der Waals surface area (Å²) in [5.41, 5.74) is 3.52. The van der Waals surface area contributed by atoms with Gasteiger partial charge >= 0.3 is 0 Å². The van der Waals surface area contributed by atoms with E-state index in [0.29, 0.717) is 28.4 Å². The number of aryl methyl sites for hydroxylation is 1. The number of hydrogen-bond acceptors (Lipinski definition) is 5. The number of fused-ring (bicyclic) bond motifs is 2. The van der Waals surface area contributed by atoms with Crippen molar-refractivity contribution in [3.05, 3.63) is 83.9 Å². The molecule has 3 aromatic rings. The summed E-state index contributed by atoms with van der Waals surface area (Å²) in [6.45, 7) is 1.76. The summed E-state index contributed by atoms with van der Waals surface area (Å²) in [6.07, 6.45) is 0. The molecule has 1 saturated heterocycles. The van der Waals surface area contributed by atoms with Crippen LogP contribution in [0.1, 0.15) is 11.1 Å². The van der Waals surface area contributed by atoms with Crippen molar-refractivity contribution in [2.45, 2.75) is 11.8 Å². The van der Waals surface area contributed by atoms with Gasteiger partial charge in [-0.25, -0.2) is 0 Å². The van der Waals surface area contributed by atoms with Crippen molar-refractivity contribution < 1.29 is 19.1 Å². The fourth-order valence-electron chi connectivity index (χ4n) is 4.56. The van der Waals surface area contributed by atoms with Crippen LogP contribution in [-0.2, 0) is 19.3 Å². The van der Waals surface area contributed by atoms with E-state index in [4.69, 9.17) is 4.74 Å². The normalized spacial score (nSPS) is 19.0. The molecule has 8 heteroatoms. The molecule has 0 aromatic heterocycles. The smallest absolute Gasteiger partial charge is 0.269 e. The molecular weight excluding hydrogens is 450 g/mol. The number of thioether (sulfide) groups is 1. The minimum absolute atomic E-state index is 0.140. The SMILES string of the molecule is COc1ccccc1NC(=O)CN1C(=O)[C@@]2(SCC(=O)N2c2cccc(C)c2)c2ccccc21. The Balaban J connectivity index is 1.52. The number of anilines is 3. The van der Waals surface area contributed by atoms with Gasteiger partial charge in [0.1, 0.15) is 12.3 Å². The van der Waals surface area contributed by atoms with Gasteiger partial charge in [0.25, 0.3) is 5.91 Å². The summed E-state index contributed by atoms with van der Waals surface area (Å²) in [5, 5.41) is 2.83. The third-order valence-corrected chi connectivity index (χ3v) is 7.39. The standard InChI is InChI=1S/C26H23N3O4S/c1-17-8-7-9-18(14-17)29-24(31)16-34-26(29)19-10-3-5-12-21(19)28(25(26)32)15-23(30)27-20-11-4-6-13-22(20)33-2/h3-14H,15-16H2,1-2H3,(H,27,30)/t26-/m0/s1. The van der Waals surface area contributed by atoms with Crippen LogP contribution in [0.4, 0.5) is 17.1 Å². The summed E-state index contributed by atoms with van der Waals surface area (Å²) in [7, 11) is 1.53. The van der Waals surface area contributed by atoms with Crippen LogP contribution in [0.2, 0.25) is 0 Å². The second-order valence-corrected chi connectivity index (χ2v) is 9.33. The molecule has 1 atom stereocenters. The fraction of sp³-hybridized carbons (Fsp3) is 0.192. The van der Waals surface area contributed by atoms with Gasteiger partial charge in [-0.15, -0.1) is 11.8 Å². The Morgan fingerprint density at radius 2 is 1.82 bits per heavy atom. The summed E-state index contributed by atoms with van der Waals surface area (Å²) in [5.74, 6) is -0.0978. The van der Waals surface area contributed by atoms with Crippen LogP contribution in [0.5, 0.6) is 5.75 Å². The molecular formula is C26H23N3O4S. The van der Waals surface area contributed by atoms with E-state index in [0.717, 1.165) is 5.56 Å². The van der Waals surface area contributed by atoms with Crippen LogP contribution in [0.3, 0.4) is 0 Å². The Hall–Kier alpha value is -3.78. The van der Waals surface area contributed by atoms with Crippen LogP contribution >= 0.6 is 11.8 Å². The minimum Gasteiger partial charge on any atom is -0.495 e. The monoisotopic (exact) mass is 473 g/mol. The predicted molar refractivity (Wildman–Crippen MR) is 133 cm³/mol. The van der Waals surface area contributed by atoms with E-state index >= 15 is 0 Å². The molecule has 1 fully saturated rings. The van der Waals surface area contributed by atoms with Gasteiger partial charge in [-0.05, 0) is 42.8 Å². The number of nitrogens with one attached hydrogen (secondary N) is 1. The molecule has 172 valence electrons. The van der Waals surface area contributed by atoms with Gasteiger partial charge < -0.3 is 10.1 Å². The van der Waals surface area contributed by atoms with Crippen LogP contribution < -0.4 is 19.9 Å². The van der Waals surface area contributed by atoms with Gasteiger partial charge in [0.2, 0.25) is 16.7 Å². The summed E-state index contributed by atoms with van der Waals surface area (Å²) in [4.78, 5) is 41.9. The number of para-hydroxylation sites is 3. The van der Waals surface area contributed by atoms with Crippen molar-refractivity contribution >= 4 is 46.5 Å². The lowest BCUT2D eigenvalue weighted by molar-refractivity contribution is -0.124. The molecule has 0 bridgehead atoms. The first-order valence-electron chi connectivity index (χ1n) is 10.8. The number of ether oxygens (including phenoxy) is 1. The zero-order valence-electron chi connectivity index (χ0n) is 18.8. The molecule has 2 aliphatic rings. The topological polar surface area (TPSA) is 79.0 Å². The highest BCUT2D eigenvalue weighted by Gasteiger charge is 2.61. The van der Waals surface area contributed by atoms with Gasteiger partial charge in [-0.3, -0.25) is 24.2 Å². The Morgan fingerprint density at radius 3 is 2.62 bits per heavy atom. The Kier molecular flexibility index (Phi) is 5.53. The summed E-state index contributed by atoms with van der Waals surface area (Å²) >= 11 is 1.29. The largest absolute Gasteiger partial charge is 0.495 e. The lowest BCUT2D eigenvalue weighted by atomic mass is 10.0. The molecule has 1 spiro atoms. The quantitative estimate of drug-likeness (QED) is 0.608. The molecule has 2 heterocycles. The number of methoxy groups -OCH3 is 1. The van der Waals surface area contributed by atoms with E-state index in [-0.39, 0.29) is 30.0 Å². The van der Waals surface area contributed by atoms with Crippen molar-refractivity contribution in [2.24, 2.45) is 0 Å². The molecule has 0 saturated carbocycles. The van der Waals surface area contributed by atoms with Crippen molar-refractivity contribution in [1.82, 2.24) is 0 Å². The molecule has 0 radical (unpaired) electrons. The average molecular weight is 474 g/mol. The van der Waals surface area contributed by atoms with Gasteiger partial charge in [0.15, 0.2) is 0 Å². The second kappa shape index (κ2) is 8.53. The molecule has 0 unspecified atom stereocenters. The third-order valence-electron chi connectivity index (χ3n) is 6.01. The zero-order chi connectivity index (χ0) is 23.9. The lowest BCUT2D eigenvalue weighted by Crippen LogP contribution is -2.50. The molecule has 1 N–H and O–H groups in total. The number of nitrogens with zero attached hydrogens (tertiary/aromatic N) is 2. The minimum atomic E-state index is -1.24. The van der Waals surface area contributed by atoms with Crippen molar-refractivity contribution in [2.75, 3.05) is 34.5 Å². The predicted octanol–water partition coefficient (Wildman–Crippen LogP) is 3.92. The molecule has 2 aliphatic heterocycles. The first kappa shape index (κ1) is 22.0. The number of carbonyl (C=O) groups is 3. The number of amides is 3. The van der Waals surface area contributed by atoms with Crippen LogP contribution in [-0.4, -0.2) is 37.1 Å². The van der Waals surface area contributed by atoms with Crippen LogP contribution in [0, 0.1) is 6.92 Å². The Labute approximate surface area is 201 Å². The van der Waals surface area contributed by atoms with Gasteiger partial charge in [0, 0.05) is 11.3 Å². The van der Waals surface area contributed by atoms with Crippen molar-refractivity contribution in [1.29, 1.82) is 0 Å². The average Bonchev–Trinajstić information content (AvgIpc) is 3.30. The first-order valence-corrected chi connectivity index (χ1v) is 11.8. The number of benzene rings is 3. The van der Waals surface area contributed by atoms with Crippen LogP contribution in [0.15, 0.2) is 72.8 Å². The number of hydrogen-bond donors (Lipinski definition) is 1. The molecule has 3 aromatic carbocycles. The maximum atomic E-state index is 14.0. The van der Waals surface area contributed by atoms with Crippen LogP contribution in [0.25, 0.3) is 0 Å². The zero-order valence-corrected chi connectivity index (χ0v) is 19.6. The highest BCUT2D eigenvalue weighted by Crippen LogP contribution is 2.55. The third kappa shape index (κ3) is 3.42. The fourth-order valence-corrected chi connectivity index (χ4v) is 5.92. The summed E-state index contributed by atoms with van der Waals surface area (Å²) in [6, 6.07) is 22.0. The maximum absolute atomic E-state index is 14.0. The van der Waals surface area contributed by atoms with E-state index < -0.39 is 4.87 Å². The molecule has 5 rings (SSSR count). The highest BCUT2D eigenvalue weighted by atomic mass is 32.2. The van der Waals surface area contributed by atoms with E-state index in [9.17, 15) is 14.4 Å². The lowest BCUT2D eigenvalue weighted by Gasteiger charge is -2.33. The van der Waals surface area contributed by atoms with E-state index in [2.05, 4.69) is 5.32 Å².